The van der Waals surface area contributed by atoms with Gasteiger partial charge in [0.1, 0.15) is 0 Å². The van der Waals surface area contributed by atoms with Crippen molar-refractivity contribution in [3.8, 4) is 0 Å². The molecule has 112 valence electrons. The zero-order valence-corrected chi connectivity index (χ0v) is 13.2. The first-order valence-electron chi connectivity index (χ1n) is 7.84. The zero-order chi connectivity index (χ0) is 14.3. The van der Waals surface area contributed by atoms with Crippen LogP contribution < -0.4 is 0 Å². The van der Waals surface area contributed by atoms with Crippen LogP contribution in [0.15, 0.2) is 0 Å². The van der Waals surface area contributed by atoms with E-state index in [0.29, 0.717) is 12.3 Å². The average Bonchev–Trinajstić information content (AvgIpc) is 2.39. The van der Waals surface area contributed by atoms with E-state index in [1.165, 1.54) is 45.9 Å². The molecule has 1 aliphatic rings. The van der Waals surface area contributed by atoms with Crippen molar-refractivity contribution in [2.75, 3.05) is 26.7 Å². The van der Waals surface area contributed by atoms with Gasteiger partial charge in [0.15, 0.2) is 0 Å². The maximum absolute atomic E-state index is 11.3. The summed E-state index contributed by atoms with van der Waals surface area (Å²) in [5.74, 6) is 2.09. The lowest BCUT2D eigenvalue weighted by Gasteiger charge is -2.32. The molecule has 1 fully saturated rings. The minimum absolute atomic E-state index is 0.0431. The van der Waals surface area contributed by atoms with Crippen molar-refractivity contribution in [1.82, 2.24) is 4.90 Å². The number of carbonyl (C=O) groups excluding carboxylic acids is 1. The van der Waals surface area contributed by atoms with Gasteiger partial charge in [-0.25, -0.2) is 0 Å². The highest BCUT2D eigenvalue weighted by Crippen LogP contribution is 2.31. The third kappa shape index (κ3) is 6.42. The highest BCUT2D eigenvalue weighted by Gasteiger charge is 2.24. The minimum atomic E-state index is -0.0431. The lowest BCUT2D eigenvalue weighted by molar-refractivity contribution is -0.142. The van der Waals surface area contributed by atoms with Crippen LogP contribution in [0.2, 0.25) is 0 Å². The molecular formula is C16H31NO2. The first-order valence-corrected chi connectivity index (χ1v) is 7.84. The number of carbonyl (C=O) groups is 1. The number of hydrogen-bond donors (Lipinski definition) is 0. The molecule has 0 amide bonds. The molecule has 1 rings (SSSR count). The third-order valence-electron chi connectivity index (χ3n) is 4.24. The van der Waals surface area contributed by atoms with Crippen LogP contribution in [-0.4, -0.2) is 37.6 Å². The van der Waals surface area contributed by atoms with Gasteiger partial charge in [-0.2, -0.15) is 0 Å². The fourth-order valence-electron chi connectivity index (χ4n) is 3.15. The Morgan fingerprint density at radius 1 is 1.21 bits per heavy atom. The zero-order valence-electron chi connectivity index (χ0n) is 13.2. The van der Waals surface area contributed by atoms with Crippen LogP contribution in [-0.2, 0) is 9.53 Å². The van der Waals surface area contributed by atoms with Gasteiger partial charge in [-0.15, -0.1) is 0 Å². The maximum atomic E-state index is 11.3. The van der Waals surface area contributed by atoms with Crippen LogP contribution in [0.3, 0.4) is 0 Å². The quantitative estimate of drug-likeness (QED) is 0.664. The molecule has 3 nitrogen and oxygen atoms in total. The molecule has 0 heterocycles. The van der Waals surface area contributed by atoms with E-state index >= 15 is 0 Å². The molecule has 0 spiro atoms. The summed E-state index contributed by atoms with van der Waals surface area (Å²) in [5, 5.41) is 0. The van der Waals surface area contributed by atoms with Crippen molar-refractivity contribution >= 4 is 5.97 Å². The molecule has 0 aromatic carbocycles. The molecule has 0 aromatic rings. The molecule has 0 atom stereocenters. The van der Waals surface area contributed by atoms with Gasteiger partial charge in [-0.3, -0.25) is 4.79 Å². The monoisotopic (exact) mass is 269 g/mol. The fourth-order valence-corrected chi connectivity index (χ4v) is 3.15. The minimum Gasteiger partial charge on any atom is -0.469 e. The first kappa shape index (κ1) is 16.5. The van der Waals surface area contributed by atoms with Gasteiger partial charge >= 0.3 is 5.97 Å². The van der Waals surface area contributed by atoms with E-state index in [1.54, 1.807) is 0 Å². The lowest BCUT2D eigenvalue weighted by Crippen LogP contribution is -2.34. The molecule has 19 heavy (non-hydrogen) atoms. The summed E-state index contributed by atoms with van der Waals surface area (Å²) < 4.78 is 4.76. The smallest absolute Gasteiger partial charge is 0.305 e. The molecule has 0 N–H and O–H groups in total. The van der Waals surface area contributed by atoms with Crippen molar-refractivity contribution in [2.24, 2.45) is 17.8 Å². The number of nitrogens with zero attached hydrogens (tertiary/aromatic N) is 1. The Morgan fingerprint density at radius 2 is 1.79 bits per heavy atom. The Bertz CT molecular complexity index is 257. The average molecular weight is 269 g/mol. The SMILES string of the molecule is CCN(CC(C)C)CC1CCC(CC(=O)OC)CC1. The van der Waals surface area contributed by atoms with Gasteiger partial charge in [0, 0.05) is 19.5 Å². The first-order chi connectivity index (χ1) is 9.05. The summed E-state index contributed by atoms with van der Waals surface area (Å²) in [4.78, 5) is 13.9. The number of hydrogen-bond acceptors (Lipinski definition) is 3. The van der Waals surface area contributed by atoms with Crippen LogP contribution >= 0.6 is 0 Å². The van der Waals surface area contributed by atoms with E-state index in [1.807, 2.05) is 0 Å². The highest BCUT2D eigenvalue weighted by molar-refractivity contribution is 5.69. The van der Waals surface area contributed by atoms with Crippen molar-refractivity contribution in [3.63, 3.8) is 0 Å². The van der Waals surface area contributed by atoms with Gasteiger partial charge in [0.2, 0.25) is 0 Å². The standard InChI is InChI=1S/C16H31NO2/c1-5-17(11-13(2)3)12-15-8-6-14(7-9-15)10-16(18)19-4/h13-15H,5-12H2,1-4H3. The Kier molecular flexibility index (Phi) is 7.44. The van der Waals surface area contributed by atoms with Crippen molar-refractivity contribution in [1.29, 1.82) is 0 Å². The summed E-state index contributed by atoms with van der Waals surface area (Å²) in [6.45, 7) is 10.4. The number of esters is 1. The van der Waals surface area contributed by atoms with Crippen LogP contribution in [0.1, 0.15) is 52.9 Å². The highest BCUT2D eigenvalue weighted by atomic mass is 16.5. The lowest BCUT2D eigenvalue weighted by atomic mass is 9.80. The molecule has 1 aliphatic carbocycles. The Labute approximate surface area is 118 Å². The molecule has 0 saturated heterocycles. The van der Waals surface area contributed by atoms with Gasteiger partial charge in [-0.1, -0.05) is 20.8 Å². The van der Waals surface area contributed by atoms with Gasteiger partial charge in [0.25, 0.3) is 0 Å². The normalized spacial score (nSPS) is 23.9. The fraction of sp³-hybridized carbons (Fsp3) is 0.938. The van der Waals surface area contributed by atoms with Crippen molar-refractivity contribution < 1.29 is 9.53 Å². The van der Waals surface area contributed by atoms with E-state index in [2.05, 4.69) is 25.7 Å². The summed E-state index contributed by atoms with van der Waals surface area (Å²) in [7, 11) is 1.49. The molecule has 0 radical (unpaired) electrons. The predicted octanol–water partition coefficient (Wildman–Crippen LogP) is 3.33. The van der Waals surface area contributed by atoms with Gasteiger partial charge < -0.3 is 9.64 Å². The molecule has 0 unspecified atom stereocenters. The summed E-state index contributed by atoms with van der Waals surface area (Å²) in [6.07, 6.45) is 5.55. The second-order valence-corrected chi connectivity index (χ2v) is 6.41. The Hall–Kier alpha value is -0.570. The number of methoxy groups -OCH3 is 1. The van der Waals surface area contributed by atoms with Crippen molar-refractivity contribution in [3.05, 3.63) is 0 Å². The Morgan fingerprint density at radius 3 is 2.26 bits per heavy atom. The van der Waals surface area contributed by atoms with E-state index < -0.39 is 0 Å². The summed E-state index contributed by atoms with van der Waals surface area (Å²) in [6, 6.07) is 0. The molecule has 0 aromatic heterocycles. The van der Waals surface area contributed by atoms with Gasteiger partial charge in [-0.05, 0) is 50.0 Å². The van der Waals surface area contributed by atoms with Crippen molar-refractivity contribution in [2.45, 2.75) is 52.9 Å². The van der Waals surface area contributed by atoms with Crippen LogP contribution in [0.4, 0.5) is 0 Å². The van der Waals surface area contributed by atoms with Gasteiger partial charge in [0.05, 0.1) is 7.11 Å². The largest absolute Gasteiger partial charge is 0.469 e. The maximum Gasteiger partial charge on any atom is 0.305 e. The summed E-state index contributed by atoms with van der Waals surface area (Å²) in [5.41, 5.74) is 0. The topological polar surface area (TPSA) is 29.5 Å². The van der Waals surface area contributed by atoms with E-state index in [9.17, 15) is 4.79 Å². The number of ether oxygens (including phenoxy) is 1. The molecule has 0 bridgehead atoms. The molecule has 3 heteroatoms. The van der Waals surface area contributed by atoms with Crippen LogP contribution in [0.5, 0.6) is 0 Å². The summed E-state index contributed by atoms with van der Waals surface area (Å²) >= 11 is 0. The van der Waals surface area contributed by atoms with E-state index in [4.69, 9.17) is 4.74 Å². The predicted molar refractivity (Wildman–Crippen MR) is 79.0 cm³/mol. The van der Waals surface area contributed by atoms with Crippen LogP contribution in [0, 0.1) is 17.8 Å². The van der Waals surface area contributed by atoms with Crippen LogP contribution in [0.25, 0.3) is 0 Å². The molecule has 1 saturated carbocycles. The van der Waals surface area contributed by atoms with E-state index in [0.717, 1.165) is 18.4 Å². The second kappa shape index (κ2) is 8.57. The molecule has 0 aliphatic heterocycles. The third-order valence-corrected chi connectivity index (χ3v) is 4.24. The molecular weight excluding hydrogens is 238 g/mol. The Balaban J connectivity index is 2.27. The van der Waals surface area contributed by atoms with E-state index in [-0.39, 0.29) is 5.97 Å². The second-order valence-electron chi connectivity index (χ2n) is 6.41. The number of rotatable bonds is 7.